The monoisotopic (exact) mass is 593 g/mol. The molecule has 0 fully saturated rings. The maximum Gasteiger partial charge on any atom is 0.151 e. The smallest absolute Gasteiger partial charge is 0.151 e. The Morgan fingerprint density at radius 2 is 0.761 bits per heavy atom. The van der Waals surface area contributed by atoms with Crippen molar-refractivity contribution < 1.29 is 14.2 Å². The number of hydrogen-bond donors (Lipinski definition) is 0. The van der Waals surface area contributed by atoms with E-state index in [0.717, 1.165) is 84.9 Å². The quantitative estimate of drug-likeness (QED) is 0.199. The van der Waals surface area contributed by atoms with Gasteiger partial charge in [-0.25, -0.2) is 0 Å². The molecule has 46 heavy (non-hydrogen) atoms. The number of anilines is 3. The zero-order valence-corrected chi connectivity index (χ0v) is 24.8. The lowest BCUT2D eigenvalue weighted by atomic mass is 9.97. The van der Waals surface area contributed by atoms with E-state index >= 15 is 0 Å². The molecule has 0 atom stereocenters. The average Bonchev–Trinajstić information content (AvgIpc) is 3.11. The summed E-state index contributed by atoms with van der Waals surface area (Å²) in [6.07, 6.45) is 0. The van der Waals surface area contributed by atoms with Crippen LogP contribution in [0.4, 0.5) is 17.1 Å². The van der Waals surface area contributed by atoms with E-state index in [0.29, 0.717) is 0 Å². The van der Waals surface area contributed by atoms with Crippen LogP contribution in [-0.2, 0) is 0 Å². The molecule has 0 amide bonds. The van der Waals surface area contributed by atoms with Gasteiger partial charge in [-0.2, -0.15) is 0 Å². The minimum absolute atomic E-state index is 0.725. The third-order valence-electron chi connectivity index (χ3n) is 8.54. The molecule has 2 aliphatic heterocycles. The van der Waals surface area contributed by atoms with Gasteiger partial charge in [-0.3, -0.25) is 0 Å². The second-order valence-electron chi connectivity index (χ2n) is 11.3. The fourth-order valence-corrected chi connectivity index (χ4v) is 6.37. The summed E-state index contributed by atoms with van der Waals surface area (Å²) in [6, 6.07) is 55.7. The molecule has 0 spiro atoms. The zero-order chi connectivity index (χ0) is 30.5. The summed E-state index contributed by atoms with van der Waals surface area (Å²) in [5.41, 5.74) is 8.89. The fraction of sp³-hybridized carbons (Fsp3) is 0. The van der Waals surface area contributed by atoms with Crippen molar-refractivity contribution in [3.05, 3.63) is 164 Å². The van der Waals surface area contributed by atoms with Gasteiger partial charge in [-0.15, -0.1) is 0 Å². The third kappa shape index (κ3) is 4.39. The Morgan fingerprint density at radius 1 is 0.304 bits per heavy atom. The molecule has 0 saturated heterocycles. The van der Waals surface area contributed by atoms with Gasteiger partial charge < -0.3 is 19.1 Å². The molecule has 0 aliphatic carbocycles. The number of nitrogens with zero attached hydrogens (tertiary/aromatic N) is 1. The Labute approximate surface area is 267 Å². The molecule has 0 radical (unpaired) electrons. The van der Waals surface area contributed by atoms with Crippen molar-refractivity contribution in [1.82, 2.24) is 0 Å². The Bertz CT molecular complexity index is 2210. The van der Waals surface area contributed by atoms with Crippen molar-refractivity contribution >= 4 is 17.1 Å². The second-order valence-corrected chi connectivity index (χ2v) is 11.3. The molecule has 4 nitrogen and oxygen atoms in total. The van der Waals surface area contributed by atoms with Crippen molar-refractivity contribution in [2.75, 3.05) is 4.90 Å². The van der Waals surface area contributed by atoms with E-state index in [4.69, 9.17) is 14.2 Å². The van der Waals surface area contributed by atoms with E-state index in [2.05, 4.69) is 89.8 Å². The highest BCUT2D eigenvalue weighted by Gasteiger charge is 2.27. The Morgan fingerprint density at radius 3 is 1.39 bits per heavy atom. The van der Waals surface area contributed by atoms with Gasteiger partial charge >= 0.3 is 0 Å². The maximum absolute atomic E-state index is 6.94. The van der Waals surface area contributed by atoms with Gasteiger partial charge in [-0.1, -0.05) is 97.1 Å². The van der Waals surface area contributed by atoms with E-state index in [1.165, 1.54) is 0 Å². The van der Waals surface area contributed by atoms with Gasteiger partial charge in [0.05, 0.1) is 17.1 Å². The van der Waals surface area contributed by atoms with Crippen LogP contribution in [0.15, 0.2) is 164 Å². The van der Waals surface area contributed by atoms with Crippen LogP contribution in [0.1, 0.15) is 0 Å². The number of ether oxygens (including phenoxy) is 3. The predicted molar refractivity (Wildman–Crippen MR) is 184 cm³/mol. The molecule has 7 aromatic carbocycles. The third-order valence-corrected chi connectivity index (χ3v) is 8.54. The summed E-state index contributed by atoms with van der Waals surface area (Å²) < 4.78 is 20.1. The lowest BCUT2D eigenvalue weighted by molar-refractivity contribution is 0.472. The van der Waals surface area contributed by atoms with Crippen LogP contribution in [-0.4, -0.2) is 0 Å². The number of benzene rings is 7. The largest absolute Gasteiger partial charge is 0.456 e. The van der Waals surface area contributed by atoms with Crippen molar-refractivity contribution in [1.29, 1.82) is 0 Å². The molecule has 218 valence electrons. The lowest BCUT2D eigenvalue weighted by Crippen LogP contribution is -2.15. The summed E-state index contributed by atoms with van der Waals surface area (Å²) in [5.74, 6) is 4.61. The molecule has 2 heterocycles. The predicted octanol–water partition coefficient (Wildman–Crippen LogP) is 12.2. The van der Waals surface area contributed by atoms with Gasteiger partial charge in [-0.05, 0) is 71.8 Å². The Hall–Kier alpha value is -6.26. The highest BCUT2D eigenvalue weighted by molar-refractivity contribution is 5.90. The summed E-state index contributed by atoms with van der Waals surface area (Å²) in [7, 11) is 0. The van der Waals surface area contributed by atoms with Crippen LogP contribution in [0.2, 0.25) is 0 Å². The summed E-state index contributed by atoms with van der Waals surface area (Å²) in [4.78, 5) is 2.23. The Kier molecular flexibility index (Phi) is 6.10. The minimum Gasteiger partial charge on any atom is -0.456 e. The van der Waals surface area contributed by atoms with E-state index in [-0.39, 0.29) is 0 Å². The lowest BCUT2D eigenvalue weighted by Gasteiger charge is -2.33. The van der Waals surface area contributed by atoms with E-state index in [1.54, 1.807) is 0 Å². The number of para-hydroxylation sites is 6. The SMILES string of the molecule is c1ccc(-c2ccc3c(c2)Oc2ccccc2-c2ccccc2Oc2cc(N4c5ccccc5Oc5ccccc54)ccc2-3)cc1. The van der Waals surface area contributed by atoms with E-state index < -0.39 is 0 Å². The van der Waals surface area contributed by atoms with Gasteiger partial charge in [0.2, 0.25) is 0 Å². The molecule has 9 rings (SSSR count). The van der Waals surface area contributed by atoms with Gasteiger partial charge in [0, 0.05) is 28.3 Å². The van der Waals surface area contributed by atoms with Crippen molar-refractivity contribution in [2.24, 2.45) is 0 Å². The van der Waals surface area contributed by atoms with Gasteiger partial charge in [0.25, 0.3) is 0 Å². The van der Waals surface area contributed by atoms with Crippen LogP contribution >= 0.6 is 0 Å². The molecule has 0 saturated carbocycles. The highest BCUT2D eigenvalue weighted by Crippen LogP contribution is 2.53. The van der Waals surface area contributed by atoms with Gasteiger partial charge in [0.1, 0.15) is 23.0 Å². The normalized spacial score (nSPS) is 12.4. The van der Waals surface area contributed by atoms with Crippen LogP contribution in [0, 0.1) is 0 Å². The Balaban J connectivity index is 1.28. The molecular weight excluding hydrogens is 566 g/mol. The molecule has 0 unspecified atom stereocenters. The zero-order valence-electron chi connectivity index (χ0n) is 24.8. The van der Waals surface area contributed by atoms with Crippen molar-refractivity contribution in [3.63, 3.8) is 0 Å². The van der Waals surface area contributed by atoms with Crippen LogP contribution in [0.3, 0.4) is 0 Å². The first-order valence-corrected chi connectivity index (χ1v) is 15.3. The molecule has 2 aliphatic rings. The van der Waals surface area contributed by atoms with Crippen molar-refractivity contribution in [2.45, 2.75) is 0 Å². The van der Waals surface area contributed by atoms with Crippen LogP contribution in [0.5, 0.6) is 34.5 Å². The number of rotatable bonds is 2. The standard InChI is InChI=1S/C42H27NO3/c1-2-12-28(13-3-1)29-22-24-33-34-25-23-30(43-35-16-6-10-20-39(35)46-40-21-11-7-17-36(40)43)27-42(34)45-38-19-9-5-15-32(38)31-14-4-8-18-37(31)44-41(33)26-29/h1-27H. The highest BCUT2D eigenvalue weighted by atomic mass is 16.5. The van der Waals surface area contributed by atoms with E-state index in [1.807, 2.05) is 78.9 Å². The molecule has 0 bridgehead atoms. The van der Waals surface area contributed by atoms with Crippen LogP contribution < -0.4 is 19.1 Å². The number of hydrogen-bond acceptors (Lipinski definition) is 4. The van der Waals surface area contributed by atoms with Gasteiger partial charge in [0.15, 0.2) is 11.5 Å². The summed E-state index contributed by atoms with van der Waals surface area (Å²) in [5, 5.41) is 0. The summed E-state index contributed by atoms with van der Waals surface area (Å²) in [6.45, 7) is 0. The molecule has 0 N–H and O–H groups in total. The first-order chi connectivity index (χ1) is 22.8. The summed E-state index contributed by atoms with van der Waals surface area (Å²) >= 11 is 0. The van der Waals surface area contributed by atoms with E-state index in [9.17, 15) is 0 Å². The first-order valence-electron chi connectivity index (χ1n) is 15.3. The minimum atomic E-state index is 0.725. The average molecular weight is 594 g/mol. The topological polar surface area (TPSA) is 30.9 Å². The van der Waals surface area contributed by atoms with Crippen LogP contribution in [0.25, 0.3) is 33.4 Å². The molecule has 4 heteroatoms. The maximum atomic E-state index is 6.94. The van der Waals surface area contributed by atoms with Crippen molar-refractivity contribution in [3.8, 4) is 67.9 Å². The number of fused-ring (bicyclic) bond motifs is 8. The fourth-order valence-electron chi connectivity index (χ4n) is 6.37. The molecule has 7 aromatic rings. The molecule has 0 aromatic heterocycles. The molecular formula is C42H27NO3. The first kappa shape index (κ1) is 26.2. The second kappa shape index (κ2) is 10.7.